The normalized spacial score (nSPS) is 20.2. The van der Waals surface area contributed by atoms with E-state index in [4.69, 9.17) is 11.6 Å². The number of carbonyl (C=O) groups excluding carboxylic acids is 1. The SMILES string of the molecule is O=C(Nc1ccc(N2CCCC2)cc1)C1CCCN1S(=O)(=O)c1ccc(Cl)cc1. The predicted molar refractivity (Wildman–Crippen MR) is 115 cm³/mol. The summed E-state index contributed by atoms with van der Waals surface area (Å²) < 4.78 is 27.3. The zero-order valence-corrected chi connectivity index (χ0v) is 17.6. The average Bonchev–Trinajstić information content (AvgIpc) is 3.41. The summed E-state index contributed by atoms with van der Waals surface area (Å²) >= 11 is 5.87. The van der Waals surface area contributed by atoms with Crippen molar-refractivity contribution in [3.8, 4) is 0 Å². The Balaban J connectivity index is 1.47. The second kappa shape index (κ2) is 8.34. The van der Waals surface area contributed by atoms with E-state index in [1.165, 1.54) is 29.3 Å². The highest BCUT2D eigenvalue weighted by Crippen LogP contribution is 2.28. The summed E-state index contributed by atoms with van der Waals surface area (Å²) in [6, 6.07) is 13.1. The van der Waals surface area contributed by atoms with Crippen LogP contribution in [0.1, 0.15) is 25.7 Å². The minimum atomic E-state index is -3.75. The molecule has 2 saturated heterocycles. The number of amides is 1. The van der Waals surface area contributed by atoms with Crippen LogP contribution in [-0.2, 0) is 14.8 Å². The molecule has 154 valence electrons. The molecule has 0 spiro atoms. The van der Waals surface area contributed by atoms with Crippen LogP contribution < -0.4 is 10.2 Å². The van der Waals surface area contributed by atoms with Crippen LogP contribution in [0.15, 0.2) is 53.4 Å². The number of nitrogens with one attached hydrogen (secondary N) is 1. The van der Waals surface area contributed by atoms with Crippen LogP contribution >= 0.6 is 11.6 Å². The van der Waals surface area contributed by atoms with Gasteiger partial charge in [-0.3, -0.25) is 4.79 Å². The fraction of sp³-hybridized carbons (Fsp3) is 0.381. The van der Waals surface area contributed by atoms with Crippen molar-refractivity contribution in [1.82, 2.24) is 4.31 Å². The number of carbonyl (C=O) groups is 1. The molecule has 0 saturated carbocycles. The Hall–Kier alpha value is -2.09. The summed E-state index contributed by atoms with van der Waals surface area (Å²) in [7, 11) is -3.75. The zero-order chi connectivity index (χ0) is 20.4. The van der Waals surface area contributed by atoms with Gasteiger partial charge in [0.15, 0.2) is 0 Å². The lowest BCUT2D eigenvalue weighted by molar-refractivity contribution is -0.119. The lowest BCUT2D eigenvalue weighted by atomic mass is 10.2. The smallest absolute Gasteiger partial charge is 0.243 e. The van der Waals surface area contributed by atoms with Crippen LogP contribution in [0, 0.1) is 0 Å². The molecule has 8 heteroatoms. The molecule has 2 aromatic carbocycles. The van der Waals surface area contributed by atoms with Crippen LogP contribution in [0.5, 0.6) is 0 Å². The van der Waals surface area contributed by atoms with Gasteiger partial charge in [0.1, 0.15) is 6.04 Å². The summed E-state index contributed by atoms with van der Waals surface area (Å²) in [6.45, 7) is 2.45. The molecule has 0 radical (unpaired) electrons. The maximum Gasteiger partial charge on any atom is 0.243 e. The highest BCUT2D eigenvalue weighted by Gasteiger charge is 2.39. The molecule has 29 heavy (non-hydrogen) atoms. The van der Waals surface area contributed by atoms with Crippen LogP contribution in [-0.4, -0.2) is 44.3 Å². The molecule has 1 amide bonds. The standard InChI is InChI=1S/C21H24ClN3O3S/c22-16-5-11-19(12-6-16)29(27,28)25-15-3-4-20(25)21(26)23-17-7-9-18(10-8-17)24-13-1-2-14-24/h5-12,20H,1-4,13-15H2,(H,23,26). The Labute approximate surface area is 176 Å². The molecular formula is C21H24ClN3O3S. The van der Waals surface area contributed by atoms with Gasteiger partial charge in [0, 0.05) is 36.0 Å². The summed E-state index contributed by atoms with van der Waals surface area (Å²) in [5, 5.41) is 3.35. The summed E-state index contributed by atoms with van der Waals surface area (Å²) in [5.41, 5.74) is 1.82. The van der Waals surface area contributed by atoms with E-state index >= 15 is 0 Å². The van der Waals surface area contributed by atoms with Crippen molar-refractivity contribution in [2.45, 2.75) is 36.6 Å². The molecule has 1 atom stereocenters. The molecule has 4 rings (SSSR count). The number of nitrogens with zero attached hydrogens (tertiary/aromatic N) is 2. The number of anilines is 2. The number of hydrogen-bond donors (Lipinski definition) is 1. The topological polar surface area (TPSA) is 69.7 Å². The van der Waals surface area contributed by atoms with Crippen LogP contribution in [0.3, 0.4) is 0 Å². The van der Waals surface area contributed by atoms with Crippen LogP contribution in [0.25, 0.3) is 0 Å². The van der Waals surface area contributed by atoms with Crippen molar-refractivity contribution in [1.29, 1.82) is 0 Å². The Kier molecular flexibility index (Phi) is 5.81. The third-order valence-corrected chi connectivity index (χ3v) is 7.71. The average molecular weight is 434 g/mol. The van der Waals surface area contributed by atoms with Crippen molar-refractivity contribution in [3.63, 3.8) is 0 Å². The van der Waals surface area contributed by atoms with E-state index in [-0.39, 0.29) is 10.8 Å². The first-order chi connectivity index (χ1) is 13.9. The molecule has 1 N–H and O–H groups in total. The lowest BCUT2D eigenvalue weighted by Crippen LogP contribution is -2.43. The first-order valence-corrected chi connectivity index (χ1v) is 11.7. The third-order valence-electron chi connectivity index (χ3n) is 5.53. The minimum absolute atomic E-state index is 0.150. The minimum Gasteiger partial charge on any atom is -0.372 e. The molecule has 0 aliphatic carbocycles. The van der Waals surface area contributed by atoms with Crippen LogP contribution in [0.2, 0.25) is 5.02 Å². The van der Waals surface area contributed by atoms with Crippen molar-refractivity contribution < 1.29 is 13.2 Å². The van der Waals surface area contributed by atoms with Crippen LogP contribution in [0.4, 0.5) is 11.4 Å². The number of benzene rings is 2. The number of rotatable bonds is 5. The van der Waals surface area contributed by atoms with Gasteiger partial charge in [0.05, 0.1) is 4.90 Å². The summed E-state index contributed by atoms with van der Waals surface area (Å²) in [4.78, 5) is 15.3. The Bertz CT molecular complexity index is 971. The first kappa shape index (κ1) is 20.2. The van der Waals surface area contributed by atoms with E-state index < -0.39 is 16.1 Å². The zero-order valence-electron chi connectivity index (χ0n) is 16.1. The van der Waals surface area contributed by atoms with Crippen molar-refractivity contribution >= 4 is 38.9 Å². The highest BCUT2D eigenvalue weighted by molar-refractivity contribution is 7.89. The summed E-state index contributed by atoms with van der Waals surface area (Å²) in [5.74, 6) is -0.297. The van der Waals surface area contributed by atoms with E-state index in [9.17, 15) is 13.2 Å². The molecule has 2 heterocycles. The van der Waals surface area contributed by atoms with Crippen molar-refractivity contribution in [2.75, 3.05) is 29.9 Å². The van der Waals surface area contributed by atoms with E-state index in [0.29, 0.717) is 30.1 Å². The van der Waals surface area contributed by atoms with E-state index in [2.05, 4.69) is 10.2 Å². The number of hydrogen-bond acceptors (Lipinski definition) is 4. The Morgan fingerprint density at radius 2 is 1.59 bits per heavy atom. The van der Waals surface area contributed by atoms with Gasteiger partial charge in [-0.15, -0.1) is 0 Å². The van der Waals surface area contributed by atoms with Gasteiger partial charge >= 0.3 is 0 Å². The lowest BCUT2D eigenvalue weighted by Gasteiger charge is -2.23. The molecular weight excluding hydrogens is 410 g/mol. The fourth-order valence-electron chi connectivity index (χ4n) is 3.99. The molecule has 0 aromatic heterocycles. The first-order valence-electron chi connectivity index (χ1n) is 9.88. The largest absolute Gasteiger partial charge is 0.372 e. The summed E-state index contributed by atoms with van der Waals surface area (Å²) in [6.07, 6.45) is 3.57. The maximum absolute atomic E-state index is 13.0. The molecule has 2 aromatic rings. The molecule has 0 bridgehead atoms. The maximum atomic E-state index is 13.0. The van der Waals surface area contributed by atoms with Gasteiger partial charge in [0.2, 0.25) is 15.9 Å². The molecule has 6 nitrogen and oxygen atoms in total. The predicted octanol–water partition coefficient (Wildman–Crippen LogP) is 3.73. The van der Waals surface area contributed by atoms with E-state index in [1.807, 2.05) is 24.3 Å². The number of sulfonamides is 1. The number of halogens is 1. The van der Waals surface area contributed by atoms with Gasteiger partial charge in [-0.25, -0.2) is 8.42 Å². The highest BCUT2D eigenvalue weighted by atomic mass is 35.5. The molecule has 1 unspecified atom stereocenters. The third kappa shape index (κ3) is 4.27. The van der Waals surface area contributed by atoms with E-state index in [0.717, 1.165) is 18.8 Å². The Morgan fingerprint density at radius 1 is 0.931 bits per heavy atom. The molecule has 2 fully saturated rings. The van der Waals surface area contributed by atoms with Gasteiger partial charge in [-0.05, 0) is 74.2 Å². The second-order valence-electron chi connectivity index (χ2n) is 7.46. The van der Waals surface area contributed by atoms with Gasteiger partial charge in [-0.2, -0.15) is 4.31 Å². The van der Waals surface area contributed by atoms with Crippen molar-refractivity contribution in [2.24, 2.45) is 0 Å². The monoisotopic (exact) mass is 433 g/mol. The van der Waals surface area contributed by atoms with Gasteiger partial charge in [0.25, 0.3) is 0 Å². The molecule has 2 aliphatic heterocycles. The second-order valence-corrected chi connectivity index (χ2v) is 9.78. The fourth-order valence-corrected chi connectivity index (χ4v) is 5.77. The Morgan fingerprint density at radius 3 is 2.24 bits per heavy atom. The quantitative estimate of drug-likeness (QED) is 0.779. The van der Waals surface area contributed by atoms with Crippen molar-refractivity contribution in [3.05, 3.63) is 53.6 Å². The molecule has 2 aliphatic rings. The van der Waals surface area contributed by atoms with E-state index in [1.54, 1.807) is 12.1 Å². The van der Waals surface area contributed by atoms with Gasteiger partial charge < -0.3 is 10.2 Å². The van der Waals surface area contributed by atoms with Gasteiger partial charge in [-0.1, -0.05) is 11.6 Å².